The van der Waals surface area contributed by atoms with Gasteiger partial charge in [0, 0.05) is 13.5 Å². The molecule has 1 atom stereocenters. The number of aromatic nitrogens is 2. The van der Waals surface area contributed by atoms with Crippen LogP contribution < -0.4 is 0 Å². The average Bonchev–Trinajstić information content (AvgIpc) is 3.05. The lowest BCUT2D eigenvalue weighted by molar-refractivity contribution is -0.120. The summed E-state index contributed by atoms with van der Waals surface area (Å²) in [4.78, 5) is 16.0. The monoisotopic (exact) mass is 252 g/mol. The second-order valence-electron chi connectivity index (χ2n) is 4.90. The molecule has 1 heterocycles. The van der Waals surface area contributed by atoms with E-state index in [1.807, 2.05) is 6.92 Å². The Hall–Kier alpha value is -1.23. The number of hydrogen-bond acceptors (Lipinski definition) is 5. The first-order chi connectivity index (χ1) is 8.63. The van der Waals surface area contributed by atoms with Gasteiger partial charge >= 0.3 is 0 Å². The molecule has 2 rings (SSSR count). The molecular weight excluding hydrogens is 232 g/mol. The van der Waals surface area contributed by atoms with Crippen LogP contribution in [-0.2, 0) is 15.1 Å². The van der Waals surface area contributed by atoms with Crippen molar-refractivity contribution in [3.05, 3.63) is 11.7 Å². The van der Waals surface area contributed by atoms with Crippen LogP contribution in [0, 0.1) is 0 Å². The molecular formula is C13H20N2O3. The largest absolute Gasteiger partial charge is 0.370 e. The van der Waals surface area contributed by atoms with Gasteiger partial charge < -0.3 is 9.26 Å². The van der Waals surface area contributed by atoms with Crippen molar-refractivity contribution in [3.8, 4) is 0 Å². The molecule has 1 aliphatic rings. The van der Waals surface area contributed by atoms with Crippen molar-refractivity contribution in [1.29, 1.82) is 0 Å². The second kappa shape index (κ2) is 5.18. The van der Waals surface area contributed by atoms with Crippen LogP contribution in [0.5, 0.6) is 0 Å². The summed E-state index contributed by atoms with van der Waals surface area (Å²) in [5, 5.41) is 4.02. The minimum atomic E-state index is -0.406. The highest BCUT2D eigenvalue weighted by Gasteiger charge is 2.40. The van der Waals surface area contributed by atoms with E-state index in [9.17, 15) is 4.79 Å². The maximum atomic E-state index is 11.6. The molecule has 1 saturated carbocycles. The van der Waals surface area contributed by atoms with E-state index >= 15 is 0 Å². The van der Waals surface area contributed by atoms with Crippen LogP contribution in [0.3, 0.4) is 0 Å². The standard InChI is InChI=1S/C13H20N2O3/c1-4-10(16)9(2)11-14-12(15-18-11)13(17-3)7-5-6-8-13/h9H,4-8H2,1-3H3. The third-order valence-electron chi connectivity index (χ3n) is 3.85. The third-order valence-corrected chi connectivity index (χ3v) is 3.85. The molecule has 0 amide bonds. The molecule has 18 heavy (non-hydrogen) atoms. The normalized spacial score (nSPS) is 19.9. The Kier molecular flexibility index (Phi) is 3.80. The van der Waals surface area contributed by atoms with Crippen molar-refractivity contribution in [2.75, 3.05) is 7.11 Å². The van der Waals surface area contributed by atoms with Crippen LogP contribution in [-0.4, -0.2) is 23.0 Å². The molecule has 1 aromatic rings. The third kappa shape index (κ3) is 2.19. The Morgan fingerprint density at radius 2 is 2.17 bits per heavy atom. The zero-order valence-corrected chi connectivity index (χ0v) is 11.2. The Labute approximate surface area is 107 Å². The van der Waals surface area contributed by atoms with E-state index in [1.165, 1.54) is 0 Å². The van der Waals surface area contributed by atoms with Gasteiger partial charge in [0.1, 0.15) is 11.4 Å². The lowest BCUT2D eigenvalue weighted by Crippen LogP contribution is -2.26. The van der Waals surface area contributed by atoms with Gasteiger partial charge in [-0.1, -0.05) is 12.1 Å². The quantitative estimate of drug-likeness (QED) is 0.805. The lowest BCUT2D eigenvalue weighted by Gasteiger charge is -2.22. The summed E-state index contributed by atoms with van der Waals surface area (Å²) in [6.45, 7) is 3.64. The zero-order valence-electron chi connectivity index (χ0n) is 11.2. The Bertz CT molecular complexity index is 422. The summed E-state index contributed by atoms with van der Waals surface area (Å²) >= 11 is 0. The van der Waals surface area contributed by atoms with E-state index in [-0.39, 0.29) is 11.7 Å². The fourth-order valence-corrected chi connectivity index (χ4v) is 2.51. The smallest absolute Gasteiger partial charge is 0.237 e. The lowest BCUT2D eigenvalue weighted by atomic mass is 10.0. The fourth-order valence-electron chi connectivity index (χ4n) is 2.51. The number of methoxy groups -OCH3 is 1. The van der Waals surface area contributed by atoms with Crippen LogP contribution in [0.15, 0.2) is 4.52 Å². The first kappa shape index (κ1) is 13.2. The summed E-state index contributed by atoms with van der Waals surface area (Å²) < 4.78 is 10.8. The first-order valence-electron chi connectivity index (χ1n) is 6.55. The SMILES string of the molecule is CCC(=O)C(C)c1nc(C2(OC)CCCC2)no1. The van der Waals surface area contributed by atoms with Crippen molar-refractivity contribution < 1.29 is 14.1 Å². The molecule has 0 bridgehead atoms. The molecule has 1 aliphatic carbocycles. The number of Topliss-reactive ketones (excluding diaryl/α,β-unsaturated/α-hetero) is 1. The molecule has 0 spiro atoms. The van der Waals surface area contributed by atoms with Crippen molar-refractivity contribution in [1.82, 2.24) is 10.1 Å². The molecule has 1 unspecified atom stereocenters. The summed E-state index contributed by atoms with van der Waals surface area (Å²) in [5.41, 5.74) is -0.406. The van der Waals surface area contributed by atoms with E-state index in [1.54, 1.807) is 14.0 Å². The highest BCUT2D eigenvalue weighted by atomic mass is 16.5. The maximum Gasteiger partial charge on any atom is 0.237 e. The maximum absolute atomic E-state index is 11.6. The van der Waals surface area contributed by atoms with Crippen molar-refractivity contribution in [2.24, 2.45) is 0 Å². The number of ketones is 1. The molecule has 0 aromatic carbocycles. The van der Waals surface area contributed by atoms with Crippen molar-refractivity contribution in [3.63, 3.8) is 0 Å². The average molecular weight is 252 g/mol. The predicted molar refractivity (Wildman–Crippen MR) is 65.2 cm³/mol. The van der Waals surface area contributed by atoms with Crippen LogP contribution in [0.4, 0.5) is 0 Å². The van der Waals surface area contributed by atoms with E-state index in [0.717, 1.165) is 25.7 Å². The van der Waals surface area contributed by atoms with Crippen molar-refractivity contribution in [2.45, 2.75) is 57.5 Å². The number of hydrogen-bond donors (Lipinski definition) is 0. The van der Waals surface area contributed by atoms with E-state index < -0.39 is 5.60 Å². The van der Waals surface area contributed by atoms with Gasteiger partial charge in [-0.25, -0.2) is 0 Å². The van der Waals surface area contributed by atoms with Crippen molar-refractivity contribution >= 4 is 5.78 Å². The Morgan fingerprint density at radius 1 is 1.50 bits per heavy atom. The molecule has 100 valence electrons. The minimum Gasteiger partial charge on any atom is -0.370 e. The highest BCUT2D eigenvalue weighted by Crippen LogP contribution is 2.40. The van der Waals surface area contributed by atoms with Crippen LogP contribution in [0.1, 0.15) is 63.6 Å². The molecule has 0 aliphatic heterocycles. The predicted octanol–water partition coefficient (Wildman–Crippen LogP) is 2.57. The highest BCUT2D eigenvalue weighted by molar-refractivity contribution is 5.83. The van der Waals surface area contributed by atoms with Gasteiger partial charge in [0.25, 0.3) is 0 Å². The van der Waals surface area contributed by atoms with Crippen LogP contribution in [0.2, 0.25) is 0 Å². The molecule has 1 aromatic heterocycles. The molecule has 5 heteroatoms. The van der Waals surface area contributed by atoms with Gasteiger partial charge in [-0.15, -0.1) is 0 Å². The topological polar surface area (TPSA) is 65.2 Å². The number of carbonyl (C=O) groups is 1. The summed E-state index contributed by atoms with van der Waals surface area (Å²) in [6, 6.07) is 0. The van der Waals surface area contributed by atoms with Gasteiger partial charge in [-0.05, 0) is 32.6 Å². The van der Waals surface area contributed by atoms with Gasteiger partial charge in [0.15, 0.2) is 0 Å². The van der Waals surface area contributed by atoms with E-state index in [0.29, 0.717) is 18.1 Å². The van der Waals surface area contributed by atoms with Crippen LogP contribution >= 0.6 is 0 Å². The Morgan fingerprint density at radius 3 is 2.72 bits per heavy atom. The van der Waals surface area contributed by atoms with Gasteiger partial charge in [0.2, 0.25) is 11.7 Å². The second-order valence-corrected chi connectivity index (χ2v) is 4.90. The number of ether oxygens (including phenoxy) is 1. The molecule has 0 N–H and O–H groups in total. The molecule has 5 nitrogen and oxygen atoms in total. The van der Waals surface area contributed by atoms with E-state index in [4.69, 9.17) is 9.26 Å². The summed E-state index contributed by atoms with van der Waals surface area (Å²) in [6.07, 6.45) is 4.54. The van der Waals surface area contributed by atoms with Gasteiger partial charge in [-0.3, -0.25) is 4.79 Å². The van der Waals surface area contributed by atoms with E-state index in [2.05, 4.69) is 10.1 Å². The number of carbonyl (C=O) groups excluding carboxylic acids is 1. The molecule has 1 fully saturated rings. The summed E-state index contributed by atoms with van der Waals surface area (Å²) in [7, 11) is 1.68. The number of nitrogens with zero attached hydrogens (tertiary/aromatic N) is 2. The minimum absolute atomic E-state index is 0.114. The molecule has 0 radical (unpaired) electrons. The van der Waals surface area contributed by atoms with Gasteiger partial charge in [0.05, 0.1) is 5.92 Å². The summed E-state index contributed by atoms with van der Waals surface area (Å²) in [5.74, 6) is 0.781. The van der Waals surface area contributed by atoms with Gasteiger partial charge in [-0.2, -0.15) is 4.98 Å². The zero-order chi connectivity index (χ0) is 13.2. The van der Waals surface area contributed by atoms with Crippen LogP contribution in [0.25, 0.3) is 0 Å². The Balaban J connectivity index is 2.22. The molecule has 0 saturated heterocycles. The number of rotatable bonds is 5. The first-order valence-corrected chi connectivity index (χ1v) is 6.55. The fraction of sp³-hybridized carbons (Fsp3) is 0.769.